The van der Waals surface area contributed by atoms with Gasteiger partial charge in [-0.05, 0) is 31.0 Å². The molecule has 1 aliphatic rings. The van der Waals surface area contributed by atoms with Crippen LogP contribution in [0.2, 0.25) is 5.02 Å². The van der Waals surface area contributed by atoms with Crippen molar-refractivity contribution in [1.29, 1.82) is 0 Å². The molecule has 1 aromatic carbocycles. The lowest BCUT2D eigenvalue weighted by Crippen LogP contribution is -2.30. The van der Waals surface area contributed by atoms with Gasteiger partial charge in [0.25, 0.3) is 0 Å². The van der Waals surface area contributed by atoms with Crippen molar-refractivity contribution in [3.8, 4) is 0 Å². The summed E-state index contributed by atoms with van der Waals surface area (Å²) in [5.41, 5.74) is 5.92. The minimum absolute atomic E-state index is 0.125. The molecule has 0 aromatic heterocycles. The van der Waals surface area contributed by atoms with Crippen LogP contribution in [0.3, 0.4) is 0 Å². The number of rotatable bonds is 5. The molecule has 4 N–H and O–H groups in total. The van der Waals surface area contributed by atoms with Crippen LogP contribution in [0, 0.1) is 5.41 Å². The molecule has 0 unspecified atom stereocenters. The maximum absolute atomic E-state index is 12.0. The molecule has 0 heterocycles. The number of amides is 1. The Balaban J connectivity index is 2.11. The summed E-state index contributed by atoms with van der Waals surface area (Å²) < 4.78 is 24.6. The first-order chi connectivity index (χ1) is 9.26. The molecule has 0 radical (unpaired) electrons. The lowest BCUT2D eigenvalue weighted by molar-refractivity contribution is -0.120. The van der Waals surface area contributed by atoms with Crippen molar-refractivity contribution in [3.05, 3.63) is 23.2 Å². The van der Waals surface area contributed by atoms with Gasteiger partial charge in [0.05, 0.1) is 22.4 Å². The molecule has 20 heavy (non-hydrogen) atoms. The van der Waals surface area contributed by atoms with Crippen LogP contribution in [0.1, 0.15) is 12.8 Å². The molecule has 110 valence electrons. The van der Waals surface area contributed by atoms with Gasteiger partial charge in [0.15, 0.2) is 0 Å². The predicted molar refractivity (Wildman–Crippen MR) is 79.3 cm³/mol. The van der Waals surface area contributed by atoms with Crippen LogP contribution in [0.25, 0.3) is 0 Å². The summed E-state index contributed by atoms with van der Waals surface area (Å²) in [6.07, 6.45) is 2.62. The van der Waals surface area contributed by atoms with Crippen molar-refractivity contribution in [3.63, 3.8) is 0 Å². The quantitative estimate of drug-likeness (QED) is 0.763. The van der Waals surface area contributed by atoms with Gasteiger partial charge >= 0.3 is 0 Å². The molecule has 1 saturated carbocycles. The highest BCUT2D eigenvalue weighted by atomic mass is 35.5. The maximum atomic E-state index is 12.0. The van der Waals surface area contributed by atoms with E-state index in [9.17, 15) is 13.2 Å². The van der Waals surface area contributed by atoms with Crippen molar-refractivity contribution in [2.24, 2.45) is 11.1 Å². The van der Waals surface area contributed by atoms with E-state index in [4.69, 9.17) is 17.3 Å². The molecule has 1 fully saturated rings. The van der Waals surface area contributed by atoms with Crippen LogP contribution in [0.4, 0.5) is 11.4 Å². The summed E-state index contributed by atoms with van der Waals surface area (Å²) in [5, 5.41) is 2.96. The Hall–Kier alpha value is -1.31. The fourth-order valence-electron chi connectivity index (χ4n) is 1.81. The molecule has 2 rings (SSSR count). The molecule has 1 aromatic rings. The number of benzene rings is 1. The first-order valence-electron chi connectivity index (χ1n) is 6.05. The number of hydrogen-bond donors (Lipinski definition) is 3. The Bertz CT molecular complexity index is 641. The smallest absolute Gasteiger partial charge is 0.231 e. The monoisotopic (exact) mass is 317 g/mol. The van der Waals surface area contributed by atoms with E-state index in [1.54, 1.807) is 6.07 Å². The third kappa shape index (κ3) is 3.41. The molecule has 0 saturated heterocycles. The van der Waals surface area contributed by atoms with Crippen LogP contribution >= 0.6 is 11.6 Å². The molecule has 0 atom stereocenters. The fourth-order valence-corrected chi connectivity index (χ4v) is 2.68. The zero-order valence-electron chi connectivity index (χ0n) is 10.9. The summed E-state index contributed by atoms with van der Waals surface area (Å²) in [6.45, 7) is 0.320. The van der Waals surface area contributed by atoms with Crippen LogP contribution in [-0.2, 0) is 14.8 Å². The molecule has 1 aliphatic carbocycles. The van der Waals surface area contributed by atoms with Crippen LogP contribution < -0.4 is 15.8 Å². The Morgan fingerprint density at radius 2 is 2.10 bits per heavy atom. The lowest BCUT2D eigenvalue weighted by atomic mass is 10.1. The van der Waals surface area contributed by atoms with E-state index < -0.39 is 15.4 Å². The summed E-state index contributed by atoms with van der Waals surface area (Å²) >= 11 is 5.98. The highest BCUT2D eigenvalue weighted by Crippen LogP contribution is 2.45. The molecular weight excluding hydrogens is 302 g/mol. The number of sulfonamides is 1. The topological polar surface area (TPSA) is 101 Å². The standard InChI is InChI=1S/C12H16ClN3O3S/c1-20(18,19)16-10-3-2-8(6-9(10)13)15-11(17)12(7-14)4-5-12/h2-3,6,16H,4-5,7,14H2,1H3,(H,15,17). The van der Waals surface area contributed by atoms with E-state index in [1.165, 1.54) is 12.1 Å². The first kappa shape index (κ1) is 15.1. The highest BCUT2D eigenvalue weighted by molar-refractivity contribution is 7.92. The molecule has 6 nitrogen and oxygen atoms in total. The molecule has 1 amide bonds. The SMILES string of the molecule is CS(=O)(=O)Nc1ccc(NC(=O)C2(CN)CC2)cc1Cl. The molecular formula is C12H16ClN3O3S. The Labute approximate surface area is 122 Å². The largest absolute Gasteiger partial charge is 0.329 e. The van der Waals surface area contributed by atoms with Gasteiger partial charge < -0.3 is 11.1 Å². The number of halogens is 1. The Kier molecular flexibility index (Phi) is 3.95. The van der Waals surface area contributed by atoms with Crippen molar-refractivity contribution >= 4 is 38.9 Å². The fraction of sp³-hybridized carbons (Fsp3) is 0.417. The van der Waals surface area contributed by atoms with Gasteiger partial charge in [0.1, 0.15) is 0 Å². The number of nitrogens with one attached hydrogen (secondary N) is 2. The molecule has 8 heteroatoms. The average Bonchev–Trinajstić information content (AvgIpc) is 3.12. The number of hydrogen-bond acceptors (Lipinski definition) is 4. The van der Waals surface area contributed by atoms with Crippen molar-refractivity contribution < 1.29 is 13.2 Å². The van der Waals surface area contributed by atoms with Crippen molar-refractivity contribution in [2.75, 3.05) is 22.8 Å². The minimum atomic E-state index is -3.39. The second-order valence-corrected chi connectivity index (χ2v) is 7.16. The van der Waals surface area contributed by atoms with Gasteiger partial charge in [-0.25, -0.2) is 8.42 Å². The Morgan fingerprint density at radius 3 is 2.55 bits per heavy atom. The molecule has 0 spiro atoms. The van der Waals surface area contributed by atoms with Crippen molar-refractivity contribution in [2.45, 2.75) is 12.8 Å². The summed E-state index contributed by atoms with van der Waals surface area (Å²) in [4.78, 5) is 12.0. The van der Waals surface area contributed by atoms with Gasteiger partial charge in [-0.2, -0.15) is 0 Å². The maximum Gasteiger partial charge on any atom is 0.231 e. The van der Waals surface area contributed by atoms with E-state index in [-0.39, 0.29) is 16.6 Å². The number of carbonyl (C=O) groups excluding carboxylic acids is 1. The van der Waals surface area contributed by atoms with Crippen LogP contribution in [0.15, 0.2) is 18.2 Å². The Morgan fingerprint density at radius 1 is 1.45 bits per heavy atom. The average molecular weight is 318 g/mol. The van der Waals surface area contributed by atoms with E-state index >= 15 is 0 Å². The zero-order chi connectivity index (χ0) is 15.0. The van der Waals surface area contributed by atoms with E-state index in [2.05, 4.69) is 10.0 Å². The van der Waals surface area contributed by atoms with Gasteiger partial charge in [-0.1, -0.05) is 11.6 Å². The van der Waals surface area contributed by atoms with Gasteiger partial charge in [-0.15, -0.1) is 0 Å². The lowest BCUT2D eigenvalue weighted by Gasteiger charge is -2.14. The molecule has 0 bridgehead atoms. The van der Waals surface area contributed by atoms with Gasteiger partial charge in [0, 0.05) is 12.2 Å². The minimum Gasteiger partial charge on any atom is -0.329 e. The number of anilines is 2. The van der Waals surface area contributed by atoms with Gasteiger partial charge in [0.2, 0.25) is 15.9 Å². The number of carbonyl (C=O) groups is 1. The van der Waals surface area contributed by atoms with Gasteiger partial charge in [-0.3, -0.25) is 9.52 Å². The van der Waals surface area contributed by atoms with E-state index in [0.717, 1.165) is 19.1 Å². The predicted octanol–water partition coefficient (Wildman–Crippen LogP) is 1.39. The zero-order valence-corrected chi connectivity index (χ0v) is 12.5. The molecule has 0 aliphatic heterocycles. The van der Waals surface area contributed by atoms with Crippen molar-refractivity contribution in [1.82, 2.24) is 0 Å². The second-order valence-electron chi connectivity index (χ2n) is 5.01. The number of nitrogens with two attached hydrogens (primary N) is 1. The normalized spacial score (nSPS) is 16.6. The summed E-state index contributed by atoms with van der Waals surface area (Å²) in [5.74, 6) is -0.125. The highest BCUT2D eigenvalue weighted by Gasteiger charge is 2.48. The third-order valence-corrected chi connectivity index (χ3v) is 4.15. The summed E-state index contributed by atoms with van der Waals surface area (Å²) in [7, 11) is -3.39. The first-order valence-corrected chi connectivity index (χ1v) is 8.32. The summed E-state index contributed by atoms with van der Waals surface area (Å²) in [6, 6.07) is 4.59. The van der Waals surface area contributed by atoms with E-state index in [0.29, 0.717) is 12.2 Å². The van der Waals surface area contributed by atoms with Crippen LogP contribution in [0.5, 0.6) is 0 Å². The van der Waals surface area contributed by atoms with Crippen LogP contribution in [-0.4, -0.2) is 27.1 Å². The van der Waals surface area contributed by atoms with E-state index in [1.807, 2.05) is 0 Å². The third-order valence-electron chi connectivity index (χ3n) is 3.25. The second kappa shape index (κ2) is 5.23.